The molecule has 0 spiro atoms. The van der Waals surface area contributed by atoms with E-state index < -0.39 is 14.0 Å². The fourth-order valence-electron chi connectivity index (χ4n) is 4.10. The molecule has 4 aliphatic rings. The monoisotopic (exact) mass is 347 g/mol. The molecule has 25 heavy (non-hydrogen) atoms. The summed E-state index contributed by atoms with van der Waals surface area (Å²) in [6.45, 7) is 3.77. The smallest absolute Gasteiger partial charge is 0.538 e. The molecule has 4 rings (SSSR count). The van der Waals surface area contributed by atoms with Gasteiger partial charge in [0.1, 0.15) is 0 Å². The van der Waals surface area contributed by atoms with E-state index in [-0.39, 0.29) is 0 Å². The second-order valence-corrected chi connectivity index (χ2v) is 10.6. The first kappa shape index (κ1) is 16.1. The second-order valence-electron chi connectivity index (χ2n) is 6.56. The van der Waals surface area contributed by atoms with Gasteiger partial charge in [0.2, 0.25) is 0 Å². The van der Waals surface area contributed by atoms with Crippen LogP contribution in [0.5, 0.6) is 0 Å². The molecule has 0 atom stereocenters. The third-order valence-corrected chi connectivity index (χ3v) is 10.2. The molecular weight excluding hydrogens is 323 g/mol. The standard InChI is InChI=1S/4C5H6N.Al/c4*1-2-4-6-5-3-1;/h4*1-4H,5H2;/q4*-1;+3. The van der Waals surface area contributed by atoms with Crippen molar-refractivity contribution in [2.75, 3.05) is 26.2 Å². The summed E-state index contributed by atoms with van der Waals surface area (Å²) in [5, 5.41) is 0. The van der Waals surface area contributed by atoms with Gasteiger partial charge in [-0.25, -0.2) is 0 Å². The van der Waals surface area contributed by atoms with Crippen LogP contribution in [-0.2, 0) is 0 Å². The van der Waals surface area contributed by atoms with Crippen molar-refractivity contribution >= 4 is 14.0 Å². The highest BCUT2D eigenvalue weighted by Gasteiger charge is 2.54. The minimum Gasteiger partial charge on any atom is -0.538 e. The van der Waals surface area contributed by atoms with Crippen LogP contribution in [0.3, 0.4) is 0 Å². The average Bonchev–Trinajstić information content (AvgIpc) is 2.72. The predicted molar refractivity (Wildman–Crippen MR) is 106 cm³/mol. The molecule has 0 N–H and O–H groups in total. The summed E-state index contributed by atoms with van der Waals surface area (Å²) < 4.78 is 10.3. The van der Waals surface area contributed by atoms with Crippen molar-refractivity contribution in [3.63, 3.8) is 0 Å². The van der Waals surface area contributed by atoms with Crippen molar-refractivity contribution < 1.29 is 0 Å². The molecule has 4 heterocycles. The van der Waals surface area contributed by atoms with Crippen molar-refractivity contribution in [2.24, 2.45) is 0 Å². The molecule has 0 aromatic carbocycles. The van der Waals surface area contributed by atoms with Gasteiger partial charge in [0.05, 0.1) is 0 Å². The van der Waals surface area contributed by atoms with E-state index in [1.165, 1.54) is 0 Å². The lowest BCUT2D eigenvalue weighted by atomic mass is 10.4. The zero-order chi connectivity index (χ0) is 17.0. The third kappa shape index (κ3) is 2.91. The summed E-state index contributed by atoms with van der Waals surface area (Å²) in [6, 6.07) is 0. The molecule has 0 aromatic heterocycles. The van der Waals surface area contributed by atoms with E-state index in [9.17, 15) is 0 Å². The highest BCUT2D eigenvalue weighted by molar-refractivity contribution is 6.70. The van der Waals surface area contributed by atoms with Crippen LogP contribution in [0.2, 0.25) is 0 Å². The molecule has 4 aliphatic heterocycles. The maximum absolute atomic E-state index is 2.81. The summed E-state index contributed by atoms with van der Waals surface area (Å²) in [5.74, 6) is 0. The van der Waals surface area contributed by atoms with Crippen LogP contribution in [0.25, 0.3) is 0 Å². The summed E-state index contributed by atoms with van der Waals surface area (Å²) in [6.07, 6.45) is 35.3. The maximum Gasteiger partial charge on any atom is 0.684 e. The van der Waals surface area contributed by atoms with Gasteiger partial charge in [-0.05, 0) is 51.0 Å². The van der Waals surface area contributed by atoms with Crippen molar-refractivity contribution in [3.05, 3.63) is 97.7 Å². The fraction of sp³-hybridized carbons (Fsp3) is 0.200. The minimum absolute atomic E-state index is 0.942. The van der Waals surface area contributed by atoms with E-state index in [1.807, 2.05) is 0 Å². The fourth-order valence-corrected chi connectivity index (χ4v) is 9.33. The lowest BCUT2D eigenvalue weighted by molar-refractivity contribution is 0.302. The van der Waals surface area contributed by atoms with Crippen LogP contribution in [0.4, 0.5) is 0 Å². The van der Waals surface area contributed by atoms with Crippen molar-refractivity contribution in [1.29, 1.82) is 0 Å². The molecule has 0 amide bonds. The maximum atomic E-state index is 2.57. The van der Waals surface area contributed by atoms with Crippen LogP contribution in [0.15, 0.2) is 97.7 Å². The van der Waals surface area contributed by atoms with Crippen LogP contribution in [0.1, 0.15) is 0 Å². The first-order chi connectivity index (χ1) is 12.4. The van der Waals surface area contributed by atoms with Gasteiger partial charge in [-0.15, -0.1) is 0 Å². The largest absolute Gasteiger partial charge is 0.684 e. The van der Waals surface area contributed by atoms with Crippen LogP contribution >= 0.6 is 0 Å². The first-order valence-electron chi connectivity index (χ1n) is 8.96. The van der Waals surface area contributed by atoms with Crippen LogP contribution < -0.4 is 0 Å². The molecule has 0 aliphatic carbocycles. The van der Waals surface area contributed by atoms with E-state index in [0.29, 0.717) is 0 Å². The molecule has 0 saturated heterocycles. The molecule has 128 valence electrons. The third-order valence-electron chi connectivity index (χ3n) is 5.14. The van der Waals surface area contributed by atoms with Gasteiger partial charge in [-0.3, -0.25) is 0 Å². The highest BCUT2D eigenvalue weighted by Crippen LogP contribution is 2.30. The van der Waals surface area contributed by atoms with Crippen LogP contribution in [-0.4, -0.2) is 55.7 Å². The summed E-state index contributed by atoms with van der Waals surface area (Å²) in [5.41, 5.74) is 0. The lowest BCUT2D eigenvalue weighted by Gasteiger charge is -2.63. The Morgan fingerprint density at radius 1 is 0.400 bits per heavy atom. The van der Waals surface area contributed by atoms with Gasteiger partial charge < -0.3 is 15.5 Å². The molecule has 0 aromatic rings. The van der Waals surface area contributed by atoms with E-state index in [1.54, 1.807) is 0 Å². The molecule has 0 unspecified atom stereocenters. The van der Waals surface area contributed by atoms with E-state index in [0.717, 1.165) is 26.2 Å². The number of hydrogen-bond acceptors (Lipinski definition) is 4. The highest BCUT2D eigenvalue weighted by atomic mass is 27.3. The van der Waals surface area contributed by atoms with Crippen molar-refractivity contribution in [2.45, 2.75) is 0 Å². The molecular formula is C20H24AlN4-. The van der Waals surface area contributed by atoms with Gasteiger partial charge >= 0.3 is 14.0 Å². The van der Waals surface area contributed by atoms with Gasteiger partial charge in [0.15, 0.2) is 0 Å². The van der Waals surface area contributed by atoms with Crippen molar-refractivity contribution in [1.82, 2.24) is 15.5 Å². The molecule has 0 radical (unpaired) electrons. The molecule has 5 heteroatoms. The first-order valence-corrected chi connectivity index (χ1v) is 11.0. The van der Waals surface area contributed by atoms with Gasteiger partial charge in [0, 0.05) is 0 Å². The number of nitrogens with zero attached hydrogens (tertiary/aromatic N) is 4. The summed E-state index contributed by atoms with van der Waals surface area (Å²) in [4.78, 5) is 0. The lowest BCUT2D eigenvalue weighted by Crippen LogP contribution is -2.79. The number of allylic oxidation sites excluding steroid dienone is 8. The van der Waals surface area contributed by atoms with E-state index in [4.69, 9.17) is 0 Å². The Morgan fingerprint density at radius 2 is 0.680 bits per heavy atom. The van der Waals surface area contributed by atoms with E-state index in [2.05, 4.69) is 113 Å². The van der Waals surface area contributed by atoms with Gasteiger partial charge in [-0.1, -0.05) is 72.9 Å². The van der Waals surface area contributed by atoms with Crippen molar-refractivity contribution in [3.8, 4) is 0 Å². The number of rotatable bonds is 4. The molecule has 0 fully saturated rings. The second kappa shape index (κ2) is 7.27. The summed E-state index contributed by atoms with van der Waals surface area (Å²) in [7, 11) is 0. The average molecular weight is 347 g/mol. The normalized spacial score (nSPS) is 21.8. The molecule has 0 saturated carbocycles. The van der Waals surface area contributed by atoms with E-state index >= 15 is 0 Å². The zero-order valence-electron chi connectivity index (χ0n) is 14.4. The SMILES string of the molecule is C1=CC[N]([Al-]([N]2C=CC=CC2)([N]2C=CC=CC2)[N]2C=CC=CC2)C=C1. The Kier molecular flexibility index (Phi) is 4.69. The molecule has 4 nitrogen and oxygen atoms in total. The number of hydrogen-bond donors (Lipinski definition) is 0. The van der Waals surface area contributed by atoms with Gasteiger partial charge in [0.25, 0.3) is 0 Å². The Balaban J connectivity index is 1.83. The summed E-state index contributed by atoms with van der Waals surface area (Å²) >= 11 is -2.81. The Bertz CT molecular complexity index is 600. The Hall–Kier alpha value is -2.35. The van der Waals surface area contributed by atoms with Crippen LogP contribution in [0, 0.1) is 0 Å². The quantitative estimate of drug-likeness (QED) is 0.725. The Labute approximate surface area is 153 Å². The topological polar surface area (TPSA) is 13.0 Å². The Morgan fingerprint density at radius 3 is 0.880 bits per heavy atom. The zero-order valence-corrected chi connectivity index (χ0v) is 15.6. The van der Waals surface area contributed by atoms with Gasteiger partial charge in [-0.2, -0.15) is 0 Å². The predicted octanol–water partition coefficient (Wildman–Crippen LogP) is 2.96. The minimum atomic E-state index is -2.81. The molecule has 0 bridgehead atoms.